The second-order valence-corrected chi connectivity index (χ2v) is 6.45. The molecule has 0 bridgehead atoms. The number of anilines is 1. The minimum Gasteiger partial charge on any atom is -0.322 e. The van der Waals surface area contributed by atoms with E-state index < -0.39 is 0 Å². The van der Waals surface area contributed by atoms with Gasteiger partial charge in [0.05, 0.1) is 11.4 Å². The third-order valence-corrected chi connectivity index (χ3v) is 4.37. The Hall–Kier alpha value is -3.37. The zero-order valence-corrected chi connectivity index (χ0v) is 15.1. The molecule has 0 aliphatic carbocycles. The highest BCUT2D eigenvalue weighted by molar-refractivity contribution is 6.30. The lowest BCUT2D eigenvalue weighted by molar-refractivity contribution is -0.111. The van der Waals surface area contributed by atoms with Gasteiger partial charge >= 0.3 is 0 Å². The Morgan fingerprint density at radius 1 is 1.00 bits per heavy atom. The Kier molecular flexibility index (Phi) is 4.73. The Morgan fingerprint density at radius 2 is 1.78 bits per heavy atom. The van der Waals surface area contributed by atoms with E-state index in [9.17, 15) is 4.79 Å². The van der Waals surface area contributed by atoms with Crippen LogP contribution in [-0.4, -0.2) is 15.3 Å². The molecular formula is C22H16ClN3O. The van der Waals surface area contributed by atoms with Crippen LogP contribution < -0.4 is 5.32 Å². The summed E-state index contributed by atoms with van der Waals surface area (Å²) in [5, 5.41) is 3.60. The maximum absolute atomic E-state index is 12.4. The number of benzene rings is 2. The lowest BCUT2D eigenvalue weighted by Crippen LogP contribution is -2.08. The lowest BCUT2D eigenvalue weighted by atomic mass is 10.1. The third kappa shape index (κ3) is 3.91. The Labute approximate surface area is 161 Å². The molecule has 1 amide bonds. The molecule has 0 fully saturated rings. The van der Waals surface area contributed by atoms with Crippen molar-refractivity contribution in [2.24, 2.45) is 0 Å². The van der Waals surface area contributed by atoms with E-state index >= 15 is 0 Å². The molecule has 1 N–H and O–H groups in total. The predicted molar refractivity (Wildman–Crippen MR) is 110 cm³/mol. The summed E-state index contributed by atoms with van der Waals surface area (Å²) in [6.45, 7) is 0. The van der Waals surface area contributed by atoms with Crippen molar-refractivity contribution >= 4 is 34.9 Å². The average Bonchev–Trinajstić information content (AvgIpc) is 3.12. The first-order chi connectivity index (χ1) is 13.2. The number of pyridine rings is 1. The van der Waals surface area contributed by atoms with E-state index in [2.05, 4.69) is 10.3 Å². The molecule has 0 unspecified atom stereocenters. The lowest BCUT2D eigenvalue weighted by Gasteiger charge is -2.07. The van der Waals surface area contributed by atoms with Crippen LogP contribution in [0, 0.1) is 0 Å². The quantitative estimate of drug-likeness (QED) is 0.493. The summed E-state index contributed by atoms with van der Waals surface area (Å²) in [6.07, 6.45) is 7.15. The van der Waals surface area contributed by atoms with Crippen LogP contribution in [0.2, 0.25) is 5.02 Å². The second-order valence-electron chi connectivity index (χ2n) is 6.01. The molecule has 0 atom stereocenters. The first-order valence-electron chi connectivity index (χ1n) is 8.47. The van der Waals surface area contributed by atoms with Crippen molar-refractivity contribution in [2.45, 2.75) is 0 Å². The summed E-state index contributed by atoms with van der Waals surface area (Å²) in [5.74, 6) is -0.207. The standard InChI is InChI=1S/C22H16ClN3O/c23-17-11-8-16(9-12-17)10-13-22(27)25-19-6-2-1-5-18(19)20-15-26-14-4-3-7-21(26)24-20/h1-15H,(H,25,27)/b13-10+. The number of nitrogens with one attached hydrogen (secondary N) is 1. The molecule has 4 nitrogen and oxygen atoms in total. The van der Waals surface area contributed by atoms with Crippen molar-refractivity contribution in [2.75, 3.05) is 5.32 Å². The number of carbonyl (C=O) groups excluding carboxylic acids is 1. The molecule has 2 aromatic heterocycles. The molecule has 5 heteroatoms. The number of hydrogen-bond donors (Lipinski definition) is 1. The highest BCUT2D eigenvalue weighted by Gasteiger charge is 2.10. The van der Waals surface area contributed by atoms with E-state index in [-0.39, 0.29) is 5.91 Å². The fourth-order valence-corrected chi connectivity index (χ4v) is 2.93. The fourth-order valence-electron chi connectivity index (χ4n) is 2.80. The number of halogens is 1. The number of carbonyl (C=O) groups is 1. The summed E-state index contributed by atoms with van der Waals surface area (Å²) in [4.78, 5) is 17.0. The van der Waals surface area contributed by atoms with Gasteiger partial charge in [0, 0.05) is 29.1 Å². The van der Waals surface area contributed by atoms with E-state index in [1.54, 1.807) is 18.2 Å². The van der Waals surface area contributed by atoms with Crippen LogP contribution in [0.1, 0.15) is 5.56 Å². The number of nitrogens with zero attached hydrogens (tertiary/aromatic N) is 2. The Bertz CT molecular complexity index is 1100. The van der Waals surface area contributed by atoms with E-state index in [1.807, 2.05) is 71.4 Å². The van der Waals surface area contributed by atoms with Crippen LogP contribution >= 0.6 is 11.6 Å². The number of para-hydroxylation sites is 1. The van der Waals surface area contributed by atoms with Crippen LogP contribution in [-0.2, 0) is 4.79 Å². The number of imidazole rings is 1. The van der Waals surface area contributed by atoms with Gasteiger partial charge in [0.2, 0.25) is 5.91 Å². The maximum Gasteiger partial charge on any atom is 0.248 e. The first-order valence-corrected chi connectivity index (χ1v) is 8.85. The zero-order chi connectivity index (χ0) is 18.6. The predicted octanol–water partition coefficient (Wildman–Crippen LogP) is 5.31. The highest BCUT2D eigenvalue weighted by atomic mass is 35.5. The van der Waals surface area contributed by atoms with Crippen molar-refractivity contribution < 1.29 is 4.79 Å². The molecule has 2 aromatic carbocycles. The topological polar surface area (TPSA) is 46.4 Å². The van der Waals surface area contributed by atoms with Gasteiger partial charge in [-0.1, -0.05) is 48.0 Å². The average molecular weight is 374 g/mol. The zero-order valence-electron chi connectivity index (χ0n) is 14.3. The molecule has 4 aromatic rings. The van der Waals surface area contributed by atoms with E-state index in [0.29, 0.717) is 10.7 Å². The van der Waals surface area contributed by atoms with Crippen LogP contribution in [0.15, 0.2) is 85.2 Å². The molecular weight excluding hydrogens is 358 g/mol. The minimum absolute atomic E-state index is 0.207. The fraction of sp³-hybridized carbons (Fsp3) is 0. The van der Waals surface area contributed by atoms with Gasteiger partial charge in [-0.05, 0) is 42.0 Å². The summed E-state index contributed by atoms with van der Waals surface area (Å²) in [5.41, 5.74) is 4.15. The Balaban J connectivity index is 1.57. The normalized spacial score (nSPS) is 11.1. The molecule has 0 aliphatic heterocycles. The van der Waals surface area contributed by atoms with Gasteiger partial charge in [-0.2, -0.15) is 0 Å². The van der Waals surface area contributed by atoms with Crippen LogP contribution in [0.25, 0.3) is 23.0 Å². The number of amides is 1. The molecule has 0 spiro atoms. The minimum atomic E-state index is -0.207. The summed E-state index contributed by atoms with van der Waals surface area (Å²) >= 11 is 5.88. The van der Waals surface area contributed by atoms with Gasteiger partial charge in [0.25, 0.3) is 0 Å². The molecule has 2 heterocycles. The van der Waals surface area contributed by atoms with E-state index in [0.717, 1.165) is 22.5 Å². The van der Waals surface area contributed by atoms with Crippen LogP contribution in [0.4, 0.5) is 5.69 Å². The molecule has 0 radical (unpaired) electrons. The molecule has 0 aliphatic rings. The third-order valence-electron chi connectivity index (χ3n) is 4.12. The smallest absolute Gasteiger partial charge is 0.248 e. The van der Waals surface area contributed by atoms with Gasteiger partial charge in [-0.25, -0.2) is 4.98 Å². The van der Waals surface area contributed by atoms with E-state index in [4.69, 9.17) is 11.6 Å². The number of aromatic nitrogens is 2. The van der Waals surface area contributed by atoms with Gasteiger partial charge in [-0.15, -0.1) is 0 Å². The molecule has 0 saturated carbocycles. The number of hydrogen-bond acceptors (Lipinski definition) is 2. The van der Waals surface area contributed by atoms with Crippen molar-refractivity contribution in [3.63, 3.8) is 0 Å². The summed E-state index contributed by atoms with van der Waals surface area (Å²) in [6, 6.07) is 20.8. The second kappa shape index (κ2) is 7.48. The van der Waals surface area contributed by atoms with Gasteiger partial charge in [0.1, 0.15) is 5.65 Å². The molecule has 132 valence electrons. The van der Waals surface area contributed by atoms with Gasteiger partial charge in [0.15, 0.2) is 0 Å². The molecule has 0 saturated heterocycles. The van der Waals surface area contributed by atoms with Crippen LogP contribution in [0.3, 0.4) is 0 Å². The highest BCUT2D eigenvalue weighted by Crippen LogP contribution is 2.27. The Morgan fingerprint density at radius 3 is 2.59 bits per heavy atom. The molecule has 4 rings (SSSR count). The molecule has 27 heavy (non-hydrogen) atoms. The van der Waals surface area contributed by atoms with Gasteiger partial charge in [-0.3, -0.25) is 4.79 Å². The largest absolute Gasteiger partial charge is 0.322 e. The van der Waals surface area contributed by atoms with E-state index in [1.165, 1.54) is 6.08 Å². The summed E-state index contributed by atoms with van der Waals surface area (Å²) in [7, 11) is 0. The van der Waals surface area contributed by atoms with Crippen molar-refractivity contribution in [1.29, 1.82) is 0 Å². The van der Waals surface area contributed by atoms with Crippen molar-refractivity contribution in [3.8, 4) is 11.3 Å². The number of fused-ring (bicyclic) bond motifs is 1. The van der Waals surface area contributed by atoms with Gasteiger partial charge < -0.3 is 9.72 Å². The van der Waals surface area contributed by atoms with Crippen LogP contribution in [0.5, 0.6) is 0 Å². The SMILES string of the molecule is O=C(/C=C/c1ccc(Cl)cc1)Nc1ccccc1-c1cn2ccccc2n1. The summed E-state index contributed by atoms with van der Waals surface area (Å²) < 4.78 is 1.95. The van der Waals surface area contributed by atoms with Crippen molar-refractivity contribution in [1.82, 2.24) is 9.38 Å². The number of rotatable bonds is 4. The monoisotopic (exact) mass is 373 g/mol. The maximum atomic E-state index is 12.4. The van der Waals surface area contributed by atoms with Crippen molar-refractivity contribution in [3.05, 3.63) is 95.8 Å². The first kappa shape index (κ1) is 17.1.